The molecule has 2 aromatic carbocycles. The van der Waals surface area contributed by atoms with E-state index in [0.29, 0.717) is 25.1 Å². The summed E-state index contributed by atoms with van der Waals surface area (Å²) < 4.78 is 26.1. The molecule has 35 heavy (non-hydrogen) atoms. The smallest absolute Gasteiger partial charge is 0.242 e. The number of aryl methyl sites for hydroxylation is 1. The van der Waals surface area contributed by atoms with E-state index < -0.39 is 21.6 Å². The van der Waals surface area contributed by atoms with Crippen LogP contribution >= 0.6 is 0 Å². The molecular weight excluding hydrogens is 462 g/mol. The fourth-order valence-corrected chi connectivity index (χ4v) is 4.72. The summed E-state index contributed by atoms with van der Waals surface area (Å²) in [5, 5.41) is 2.95. The van der Waals surface area contributed by atoms with Gasteiger partial charge >= 0.3 is 0 Å². The normalized spacial score (nSPS) is 12.6. The van der Waals surface area contributed by atoms with Crippen molar-refractivity contribution in [3.8, 4) is 0 Å². The van der Waals surface area contributed by atoms with E-state index >= 15 is 0 Å². The SMILES string of the molecule is Cc1ccc(N(CCCC(=O)N(CCc2ccccc2)[C@H](C)C(=O)NC(C)(C)C)S(C)(=O)=O)cc1. The summed E-state index contributed by atoms with van der Waals surface area (Å²) >= 11 is 0. The molecular formula is C27H39N3O4S. The maximum absolute atomic E-state index is 13.3. The highest BCUT2D eigenvalue weighted by Crippen LogP contribution is 2.19. The maximum Gasteiger partial charge on any atom is 0.242 e. The van der Waals surface area contributed by atoms with Gasteiger partial charge in [-0.25, -0.2) is 8.42 Å². The van der Waals surface area contributed by atoms with Crippen molar-refractivity contribution < 1.29 is 18.0 Å². The van der Waals surface area contributed by atoms with Crippen molar-refractivity contribution in [1.82, 2.24) is 10.2 Å². The fraction of sp³-hybridized carbons (Fsp3) is 0.481. The molecule has 0 aromatic heterocycles. The van der Waals surface area contributed by atoms with E-state index in [2.05, 4.69) is 5.32 Å². The second-order valence-corrected chi connectivity index (χ2v) is 11.9. The summed E-state index contributed by atoms with van der Waals surface area (Å²) in [6.07, 6.45) is 2.27. The average Bonchev–Trinajstić information content (AvgIpc) is 2.76. The average molecular weight is 502 g/mol. The van der Waals surface area contributed by atoms with Gasteiger partial charge in [-0.2, -0.15) is 0 Å². The summed E-state index contributed by atoms with van der Waals surface area (Å²) in [4.78, 5) is 27.7. The van der Waals surface area contributed by atoms with E-state index in [4.69, 9.17) is 0 Å². The number of nitrogens with one attached hydrogen (secondary N) is 1. The highest BCUT2D eigenvalue weighted by atomic mass is 32.2. The Balaban J connectivity index is 2.12. The predicted octanol–water partition coefficient (Wildman–Crippen LogP) is 3.92. The number of hydrogen-bond donors (Lipinski definition) is 1. The molecule has 0 saturated carbocycles. The Labute approximate surface area is 210 Å². The van der Waals surface area contributed by atoms with Gasteiger partial charge in [-0.3, -0.25) is 13.9 Å². The molecule has 0 aliphatic carbocycles. The number of hydrogen-bond acceptors (Lipinski definition) is 4. The molecule has 0 fully saturated rings. The highest BCUT2D eigenvalue weighted by molar-refractivity contribution is 7.92. The molecule has 0 aliphatic rings. The van der Waals surface area contributed by atoms with Gasteiger partial charge in [-0.15, -0.1) is 0 Å². The van der Waals surface area contributed by atoms with Gasteiger partial charge in [0.25, 0.3) is 0 Å². The van der Waals surface area contributed by atoms with Crippen LogP contribution in [0.3, 0.4) is 0 Å². The van der Waals surface area contributed by atoms with Crippen LogP contribution in [0.5, 0.6) is 0 Å². The van der Waals surface area contributed by atoms with E-state index in [-0.39, 0.29) is 24.8 Å². The van der Waals surface area contributed by atoms with Crippen LogP contribution in [0.1, 0.15) is 51.7 Å². The van der Waals surface area contributed by atoms with Crippen LogP contribution in [-0.4, -0.2) is 56.1 Å². The number of benzene rings is 2. The lowest BCUT2D eigenvalue weighted by Gasteiger charge is -2.32. The van der Waals surface area contributed by atoms with E-state index in [0.717, 1.165) is 11.1 Å². The minimum Gasteiger partial charge on any atom is -0.350 e. The van der Waals surface area contributed by atoms with E-state index in [1.165, 1.54) is 10.6 Å². The number of anilines is 1. The second kappa shape index (κ2) is 12.2. The Morgan fingerprint density at radius 2 is 1.57 bits per heavy atom. The summed E-state index contributed by atoms with van der Waals surface area (Å²) in [7, 11) is -3.50. The molecule has 0 bridgehead atoms. The Kier molecular flexibility index (Phi) is 9.89. The minimum atomic E-state index is -3.50. The largest absolute Gasteiger partial charge is 0.350 e. The van der Waals surface area contributed by atoms with Crippen molar-refractivity contribution in [2.75, 3.05) is 23.7 Å². The Morgan fingerprint density at radius 3 is 2.11 bits per heavy atom. The van der Waals surface area contributed by atoms with Crippen molar-refractivity contribution in [3.05, 3.63) is 65.7 Å². The maximum atomic E-state index is 13.3. The first kappa shape index (κ1) is 28.4. The van der Waals surface area contributed by atoms with Gasteiger partial charge < -0.3 is 10.2 Å². The molecule has 2 rings (SSSR count). The lowest BCUT2D eigenvalue weighted by atomic mass is 10.1. The van der Waals surface area contributed by atoms with Gasteiger partial charge in [-0.05, 0) is 65.2 Å². The van der Waals surface area contributed by atoms with Crippen molar-refractivity contribution >= 4 is 27.5 Å². The van der Waals surface area contributed by atoms with Gasteiger partial charge in [0.2, 0.25) is 21.8 Å². The Morgan fingerprint density at radius 1 is 0.971 bits per heavy atom. The summed E-state index contributed by atoms with van der Waals surface area (Å²) in [6, 6.07) is 16.4. The number of carbonyl (C=O) groups is 2. The van der Waals surface area contributed by atoms with Gasteiger partial charge in [0, 0.05) is 25.0 Å². The zero-order chi connectivity index (χ0) is 26.2. The molecule has 0 aliphatic heterocycles. The number of carbonyl (C=O) groups excluding carboxylic acids is 2. The topological polar surface area (TPSA) is 86.8 Å². The van der Waals surface area contributed by atoms with Gasteiger partial charge in [0.15, 0.2) is 0 Å². The quantitative estimate of drug-likeness (QED) is 0.506. The molecule has 192 valence electrons. The third-order valence-corrected chi connectivity index (χ3v) is 6.82. The van der Waals surface area contributed by atoms with Gasteiger partial charge in [0.05, 0.1) is 11.9 Å². The van der Waals surface area contributed by atoms with E-state index in [9.17, 15) is 18.0 Å². The van der Waals surface area contributed by atoms with Crippen LogP contribution in [-0.2, 0) is 26.0 Å². The van der Waals surface area contributed by atoms with Crippen molar-refractivity contribution in [2.45, 2.75) is 65.5 Å². The predicted molar refractivity (Wildman–Crippen MR) is 142 cm³/mol. The molecule has 1 atom stereocenters. The van der Waals surface area contributed by atoms with Crippen LogP contribution in [0.15, 0.2) is 54.6 Å². The molecule has 0 spiro atoms. The summed E-state index contributed by atoms with van der Waals surface area (Å²) in [5.74, 6) is -0.383. The van der Waals surface area contributed by atoms with E-state index in [1.54, 1.807) is 24.0 Å². The first-order valence-corrected chi connectivity index (χ1v) is 13.8. The lowest BCUT2D eigenvalue weighted by molar-refractivity contribution is -0.140. The molecule has 2 aromatic rings. The summed E-state index contributed by atoms with van der Waals surface area (Å²) in [5.41, 5.74) is 2.28. The standard InChI is InChI=1S/C27H39N3O4S/c1-21-14-16-24(17-15-21)30(35(6,33)34)19-10-13-25(31)29(20-18-23-11-8-7-9-12-23)22(2)26(32)28-27(3,4)5/h7-9,11-12,14-17,22H,10,13,18-20H2,1-6H3,(H,28,32)/t22-/m1/s1. The van der Waals surface area contributed by atoms with Gasteiger partial charge in [0.1, 0.15) is 6.04 Å². The first-order chi connectivity index (χ1) is 16.3. The molecule has 0 radical (unpaired) electrons. The first-order valence-electron chi connectivity index (χ1n) is 12.0. The third-order valence-electron chi connectivity index (χ3n) is 5.62. The van der Waals surface area contributed by atoms with Crippen molar-refractivity contribution in [3.63, 3.8) is 0 Å². The number of rotatable bonds is 11. The zero-order valence-electron chi connectivity index (χ0n) is 21.7. The Hall–Kier alpha value is -2.87. The molecule has 0 unspecified atom stereocenters. The molecule has 1 N–H and O–H groups in total. The molecule has 7 nitrogen and oxygen atoms in total. The third kappa shape index (κ3) is 9.36. The minimum absolute atomic E-state index is 0.139. The molecule has 0 heterocycles. The fourth-order valence-electron chi connectivity index (χ4n) is 3.76. The van der Waals surface area contributed by atoms with Crippen LogP contribution in [0.25, 0.3) is 0 Å². The molecule has 2 amide bonds. The van der Waals surface area contributed by atoms with Gasteiger partial charge in [-0.1, -0.05) is 48.0 Å². The Bertz CT molecular complexity index is 1080. The van der Waals surface area contributed by atoms with Crippen LogP contribution in [0.4, 0.5) is 5.69 Å². The summed E-state index contributed by atoms with van der Waals surface area (Å²) in [6.45, 7) is 9.96. The second-order valence-electron chi connectivity index (χ2n) is 10.0. The van der Waals surface area contributed by atoms with Crippen molar-refractivity contribution in [1.29, 1.82) is 0 Å². The number of sulfonamides is 1. The van der Waals surface area contributed by atoms with Crippen LogP contribution in [0.2, 0.25) is 0 Å². The highest BCUT2D eigenvalue weighted by Gasteiger charge is 2.28. The number of nitrogens with zero attached hydrogens (tertiary/aromatic N) is 2. The van der Waals surface area contributed by atoms with Crippen molar-refractivity contribution in [2.24, 2.45) is 0 Å². The molecule has 0 saturated heterocycles. The zero-order valence-corrected chi connectivity index (χ0v) is 22.6. The monoisotopic (exact) mass is 501 g/mol. The molecule has 8 heteroatoms. The van der Waals surface area contributed by atoms with E-state index in [1.807, 2.05) is 70.2 Å². The number of amides is 2. The van der Waals surface area contributed by atoms with Crippen LogP contribution < -0.4 is 9.62 Å². The lowest BCUT2D eigenvalue weighted by Crippen LogP contribution is -2.53. The van der Waals surface area contributed by atoms with Crippen LogP contribution in [0, 0.1) is 6.92 Å².